The molecule has 0 amide bonds. The molecule has 0 radical (unpaired) electrons. The van der Waals surface area contributed by atoms with E-state index >= 15 is 0 Å². The number of nitrogens with zero attached hydrogens (tertiary/aromatic N) is 2. The quantitative estimate of drug-likeness (QED) is 0.678. The Kier molecular flexibility index (Phi) is 2.63. The zero-order chi connectivity index (χ0) is 9.97. The van der Waals surface area contributed by atoms with Crippen LogP contribution in [0.1, 0.15) is 5.56 Å². The van der Waals surface area contributed by atoms with Crippen molar-refractivity contribution < 1.29 is 9.13 Å². The summed E-state index contributed by atoms with van der Waals surface area (Å²) < 4.78 is 18.2. The first-order chi connectivity index (χ1) is 6.77. The largest absolute Gasteiger partial charge is 0.378 e. The minimum Gasteiger partial charge on any atom is -0.378 e. The molecular formula is C10H13FN2O. The predicted molar refractivity (Wildman–Crippen MR) is 52.0 cm³/mol. The molecule has 0 aromatic carbocycles. The Labute approximate surface area is 82.5 Å². The average Bonchev–Trinajstić information content (AvgIpc) is 2.23. The van der Waals surface area contributed by atoms with Crippen molar-refractivity contribution in [3.05, 3.63) is 23.6 Å². The van der Waals surface area contributed by atoms with Crippen LogP contribution < -0.4 is 4.90 Å². The van der Waals surface area contributed by atoms with E-state index in [1.807, 2.05) is 0 Å². The van der Waals surface area contributed by atoms with Crippen molar-refractivity contribution in [3.8, 4) is 0 Å². The van der Waals surface area contributed by atoms with Gasteiger partial charge in [0, 0.05) is 13.1 Å². The third kappa shape index (κ3) is 1.85. The van der Waals surface area contributed by atoms with E-state index in [2.05, 4.69) is 9.88 Å². The molecule has 3 nitrogen and oxygen atoms in total. The number of morpholine rings is 1. The molecule has 76 valence electrons. The highest BCUT2D eigenvalue weighted by Crippen LogP contribution is 2.15. The van der Waals surface area contributed by atoms with E-state index in [0.717, 1.165) is 32.1 Å². The van der Waals surface area contributed by atoms with Gasteiger partial charge in [-0.3, -0.25) is 0 Å². The monoisotopic (exact) mass is 196 g/mol. The lowest BCUT2D eigenvalue weighted by atomic mass is 10.2. The van der Waals surface area contributed by atoms with E-state index in [0.29, 0.717) is 5.56 Å². The standard InChI is InChI=1S/C10H13FN2O/c1-8-6-10(12-7-9(8)11)13-2-4-14-5-3-13/h6-7H,2-5H2,1H3. The molecule has 1 aromatic rings. The number of ether oxygens (including phenoxy) is 1. The number of hydrogen-bond acceptors (Lipinski definition) is 3. The fraction of sp³-hybridized carbons (Fsp3) is 0.500. The van der Waals surface area contributed by atoms with Crippen LogP contribution in [-0.2, 0) is 4.74 Å². The van der Waals surface area contributed by atoms with Crippen LogP contribution in [0, 0.1) is 12.7 Å². The van der Waals surface area contributed by atoms with Crippen molar-refractivity contribution in [1.29, 1.82) is 0 Å². The minimum absolute atomic E-state index is 0.248. The minimum atomic E-state index is -0.248. The second-order valence-corrected chi connectivity index (χ2v) is 3.39. The van der Waals surface area contributed by atoms with E-state index in [1.54, 1.807) is 13.0 Å². The van der Waals surface area contributed by atoms with Crippen LogP contribution in [0.15, 0.2) is 12.3 Å². The Balaban J connectivity index is 2.18. The molecule has 1 fully saturated rings. The highest BCUT2D eigenvalue weighted by atomic mass is 19.1. The SMILES string of the molecule is Cc1cc(N2CCOCC2)ncc1F. The lowest BCUT2D eigenvalue weighted by Gasteiger charge is -2.27. The molecule has 1 aromatic heterocycles. The van der Waals surface area contributed by atoms with Crippen molar-refractivity contribution in [2.75, 3.05) is 31.2 Å². The molecule has 0 atom stereocenters. The molecule has 1 aliphatic heterocycles. The van der Waals surface area contributed by atoms with E-state index in [9.17, 15) is 4.39 Å². The molecule has 0 spiro atoms. The number of anilines is 1. The van der Waals surface area contributed by atoms with Gasteiger partial charge in [0.15, 0.2) is 0 Å². The van der Waals surface area contributed by atoms with Crippen molar-refractivity contribution in [3.63, 3.8) is 0 Å². The third-order valence-electron chi connectivity index (χ3n) is 2.37. The summed E-state index contributed by atoms with van der Waals surface area (Å²) in [6.45, 7) is 4.85. The fourth-order valence-electron chi connectivity index (χ4n) is 1.49. The first-order valence-corrected chi connectivity index (χ1v) is 4.72. The third-order valence-corrected chi connectivity index (χ3v) is 2.37. The smallest absolute Gasteiger partial charge is 0.144 e. The van der Waals surface area contributed by atoms with Gasteiger partial charge in [0.05, 0.1) is 19.4 Å². The average molecular weight is 196 g/mol. The second-order valence-electron chi connectivity index (χ2n) is 3.39. The molecule has 0 unspecified atom stereocenters. The Hall–Kier alpha value is -1.16. The van der Waals surface area contributed by atoms with Gasteiger partial charge in [-0.05, 0) is 18.6 Å². The van der Waals surface area contributed by atoms with E-state index in [-0.39, 0.29) is 5.82 Å². The Morgan fingerprint density at radius 1 is 1.43 bits per heavy atom. The van der Waals surface area contributed by atoms with Gasteiger partial charge in [0.2, 0.25) is 0 Å². The summed E-state index contributed by atoms with van der Waals surface area (Å²) in [6.07, 6.45) is 1.28. The molecule has 1 saturated heterocycles. The molecule has 0 saturated carbocycles. The van der Waals surface area contributed by atoms with Crippen LogP contribution in [-0.4, -0.2) is 31.3 Å². The van der Waals surface area contributed by atoms with Crippen LogP contribution in [0.4, 0.5) is 10.2 Å². The van der Waals surface area contributed by atoms with Gasteiger partial charge in [0.25, 0.3) is 0 Å². The van der Waals surface area contributed by atoms with Gasteiger partial charge in [-0.1, -0.05) is 0 Å². The summed E-state index contributed by atoms with van der Waals surface area (Å²) in [5.74, 6) is 0.592. The van der Waals surface area contributed by atoms with Gasteiger partial charge in [0.1, 0.15) is 11.6 Å². The van der Waals surface area contributed by atoms with E-state index in [4.69, 9.17) is 4.74 Å². The Morgan fingerprint density at radius 2 is 2.14 bits per heavy atom. The topological polar surface area (TPSA) is 25.4 Å². The summed E-state index contributed by atoms with van der Waals surface area (Å²) in [5.41, 5.74) is 0.640. The van der Waals surface area contributed by atoms with Crippen molar-refractivity contribution in [2.24, 2.45) is 0 Å². The first kappa shape index (κ1) is 9.40. The van der Waals surface area contributed by atoms with Gasteiger partial charge in [-0.15, -0.1) is 0 Å². The summed E-state index contributed by atoms with van der Waals surface area (Å²) in [6, 6.07) is 1.78. The summed E-state index contributed by atoms with van der Waals surface area (Å²) in [7, 11) is 0. The van der Waals surface area contributed by atoms with Crippen molar-refractivity contribution >= 4 is 5.82 Å². The van der Waals surface area contributed by atoms with Crippen LogP contribution in [0.3, 0.4) is 0 Å². The molecular weight excluding hydrogens is 183 g/mol. The molecule has 4 heteroatoms. The van der Waals surface area contributed by atoms with E-state index in [1.165, 1.54) is 6.20 Å². The number of pyridine rings is 1. The lowest BCUT2D eigenvalue weighted by Crippen LogP contribution is -2.36. The predicted octanol–water partition coefficient (Wildman–Crippen LogP) is 1.37. The number of hydrogen-bond donors (Lipinski definition) is 0. The maximum Gasteiger partial charge on any atom is 0.144 e. The van der Waals surface area contributed by atoms with Crippen LogP contribution in [0.5, 0.6) is 0 Å². The van der Waals surface area contributed by atoms with Crippen LogP contribution in [0.2, 0.25) is 0 Å². The maximum absolute atomic E-state index is 13.0. The van der Waals surface area contributed by atoms with Crippen LogP contribution >= 0.6 is 0 Å². The lowest BCUT2D eigenvalue weighted by molar-refractivity contribution is 0.122. The normalized spacial score (nSPS) is 17.1. The van der Waals surface area contributed by atoms with Gasteiger partial charge in [-0.25, -0.2) is 9.37 Å². The Bertz CT molecular complexity index is 324. The molecule has 0 bridgehead atoms. The Morgan fingerprint density at radius 3 is 2.79 bits per heavy atom. The molecule has 1 aliphatic rings. The number of rotatable bonds is 1. The molecule has 14 heavy (non-hydrogen) atoms. The summed E-state index contributed by atoms with van der Waals surface area (Å²) in [4.78, 5) is 6.17. The van der Waals surface area contributed by atoms with E-state index < -0.39 is 0 Å². The van der Waals surface area contributed by atoms with Crippen molar-refractivity contribution in [1.82, 2.24) is 4.98 Å². The molecule has 0 aliphatic carbocycles. The zero-order valence-electron chi connectivity index (χ0n) is 8.16. The van der Waals surface area contributed by atoms with Gasteiger partial charge in [-0.2, -0.15) is 0 Å². The summed E-state index contributed by atoms with van der Waals surface area (Å²) >= 11 is 0. The highest BCUT2D eigenvalue weighted by molar-refractivity contribution is 5.41. The number of aromatic nitrogens is 1. The molecule has 2 heterocycles. The first-order valence-electron chi connectivity index (χ1n) is 4.72. The van der Waals surface area contributed by atoms with Gasteiger partial charge < -0.3 is 9.64 Å². The fourth-order valence-corrected chi connectivity index (χ4v) is 1.49. The molecule has 2 rings (SSSR count). The maximum atomic E-state index is 13.0. The van der Waals surface area contributed by atoms with Crippen LogP contribution in [0.25, 0.3) is 0 Å². The second kappa shape index (κ2) is 3.92. The number of aryl methyl sites for hydroxylation is 1. The van der Waals surface area contributed by atoms with Gasteiger partial charge >= 0.3 is 0 Å². The van der Waals surface area contributed by atoms with Crippen molar-refractivity contribution in [2.45, 2.75) is 6.92 Å². The highest BCUT2D eigenvalue weighted by Gasteiger charge is 2.12. The zero-order valence-corrected chi connectivity index (χ0v) is 8.16. The summed E-state index contributed by atoms with van der Waals surface area (Å²) in [5, 5.41) is 0. The molecule has 0 N–H and O–H groups in total. The number of halogens is 1.